The molecule has 0 bridgehead atoms. The van der Waals surface area contributed by atoms with Gasteiger partial charge >= 0.3 is 0 Å². The Morgan fingerprint density at radius 1 is 1.26 bits per heavy atom. The molecule has 2 heteroatoms. The molecule has 2 atom stereocenters. The predicted molar refractivity (Wildman–Crippen MR) is 105 cm³/mol. The number of rotatable bonds is 8. The molecule has 0 nitrogen and oxygen atoms in total. The molecule has 0 N–H and O–H groups in total. The molecule has 0 spiro atoms. The zero-order valence-electron chi connectivity index (χ0n) is 15.2. The van der Waals surface area contributed by atoms with Crippen LogP contribution in [0, 0.1) is 0 Å². The van der Waals surface area contributed by atoms with Gasteiger partial charge in [0.2, 0.25) is 0 Å². The van der Waals surface area contributed by atoms with Crippen LogP contribution in [-0.4, -0.2) is 12.1 Å². The molecule has 1 rings (SSSR count). The largest absolute Gasteiger partial charge is 0.243 e. The van der Waals surface area contributed by atoms with Gasteiger partial charge in [-0.2, -0.15) is 0 Å². The van der Waals surface area contributed by atoms with Crippen LogP contribution in [0.4, 0.5) is 4.39 Å². The number of benzene rings is 1. The molecule has 23 heavy (non-hydrogen) atoms. The highest BCUT2D eigenvalue weighted by molar-refractivity contribution is 7.38. The van der Waals surface area contributed by atoms with Crippen molar-refractivity contribution in [2.75, 3.05) is 6.16 Å². The van der Waals surface area contributed by atoms with E-state index in [9.17, 15) is 4.39 Å². The first-order valence-corrected chi connectivity index (χ1v) is 9.68. The van der Waals surface area contributed by atoms with Gasteiger partial charge in [-0.1, -0.05) is 58.0 Å². The van der Waals surface area contributed by atoms with Crippen LogP contribution < -0.4 is 0 Å². The van der Waals surface area contributed by atoms with Crippen LogP contribution in [0.5, 0.6) is 0 Å². The van der Waals surface area contributed by atoms with Crippen molar-refractivity contribution in [1.82, 2.24) is 0 Å². The fourth-order valence-corrected chi connectivity index (χ4v) is 3.49. The molecule has 0 aromatic heterocycles. The molecule has 0 heterocycles. The highest BCUT2D eigenvalue weighted by atomic mass is 31.1. The van der Waals surface area contributed by atoms with Crippen LogP contribution in [-0.2, 0) is 6.42 Å². The molecular weight excluding hydrogens is 302 g/mol. The van der Waals surface area contributed by atoms with Gasteiger partial charge in [0.05, 0.1) is 0 Å². The Morgan fingerprint density at radius 2 is 1.87 bits per heavy atom. The van der Waals surface area contributed by atoms with Crippen molar-refractivity contribution in [3.8, 4) is 0 Å². The maximum atomic E-state index is 13.1. The molecule has 2 unspecified atom stereocenters. The highest BCUT2D eigenvalue weighted by Gasteiger charge is 2.12. The van der Waals surface area contributed by atoms with Gasteiger partial charge in [-0.25, -0.2) is 4.39 Å². The van der Waals surface area contributed by atoms with Crippen LogP contribution in [0.3, 0.4) is 0 Å². The van der Waals surface area contributed by atoms with Gasteiger partial charge in [0.15, 0.2) is 0 Å². The summed E-state index contributed by atoms with van der Waals surface area (Å²) in [7, 11) is 0.364. The second kappa shape index (κ2) is 9.83. The molecule has 126 valence electrons. The summed E-state index contributed by atoms with van der Waals surface area (Å²) < 4.78 is 13.1. The first-order valence-electron chi connectivity index (χ1n) is 8.39. The standard InChI is InChI=1S/C21H30FP/c1-7-18-9-11-19(12-10-18)20(8-2)16(5)21(15(3)4)13-14-23-17(6)22/h8-12,17,23H,5,7,13-14H2,1-4,6H3/b20-8+. The molecule has 0 aliphatic carbocycles. The van der Waals surface area contributed by atoms with Gasteiger partial charge < -0.3 is 0 Å². The number of alkyl halides is 1. The normalized spacial score (nSPS) is 13.4. The highest BCUT2D eigenvalue weighted by Crippen LogP contribution is 2.33. The maximum Gasteiger partial charge on any atom is 0.113 e. The third-order valence-electron chi connectivity index (χ3n) is 4.06. The molecule has 0 radical (unpaired) electrons. The van der Waals surface area contributed by atoms with Crippen molar-refractivity contribution in [2.45, 2.75) is 53.4 Å². The smallest absolute Gasteiger partial charge is 0.113 e. The second-order valence-electron chi connectivity index (χ2n) is 6.03. The predicted octanol–water partition coefficient (Wildman–Crippen LogP) is 6.93. The number of hydrogen-bond acceptors (Lipinski definition) is 0. The van der Waals surface area contributed by atoms with E-state index in [2.05, 4.69) is 64.6 Å². The average Bonchev–Trinajstić information content (AvgIpc) is 2.52. The van der Waals surface area contributed by atoms with E-state index >= 15 is 0 Å². The van der Waals surface area contributed by atoms with Crippen molar-refractivity contribution in [2.24, 2.45) is 0 Å². The molecule has 0 aliphatic heterocycles. The van der Waals surface area contributed by atoms with E-state index in [1.165, 1.54) is 27.8 Å². The van der Waals surface area contributed by atoms with Gasteiger partial charge in [-0.3, -0.25) is 0 Å². The molecule has 1 aromatic carbocycles. The number of hydrogen-bond donors (Lipinski definition) is 0. The average molecular weight is 332 g/mol. The summed E-state index contributed by atoms with van der Waals surface area (Å²) in [5.74, 6) is -0.704. The summed E-state index contributed by atoms with van der Waals surface area (Å²) in [6.45, 7) is 14.5. The lowest BCUT2D eigenvalue weighted by molar-refractivity contribution is 0.479. The van der Waals surface area contributed by atoms with Gasteiger partial charge in [0, 0.05) is 0 Å². The zero-order chi connectivity index (χ0) is 17.4. The van der Waals surface area contributed by atoms with Gasteiger partial charge in [-0.05, 0) is 74.5 Å². The van der Waals surface area contributed by atoms with E-state index < -0.39 is 5.91 Å². The van der Waals surface area contributed by atoms with Crippen molar-refractivity contribution >= 4 is 14.2 Å². The van der Waals surface area contributed by atoms with Crippen molar-refractivity contribution < 1.29 is 4.39 Å². The number of aryl methyl sites for hydroxylation is 1. The zero-order valence-corrected chi connectivity index (χ0v) is 16.2. The Bertz CT molecular complexity index is 572. The Hall–Kier alpha value is -1.20. The molecule has 0 saturated heterocycles. The lowest BCUT2D eigenvalue weighted by Gasteiger charge is -2.17. The molecule has 1 aromatic rings. The minimum atomic E-state index is -0.704. The lowest BCUT2D eigenvalue weighted by atomic mass is 9.89. The Morgan fingerprint density at radius 3 is 2.30 bits per heavy atom. The minimum absolute atomic E-state index is 0.364. The lowest BCUT2D eigenvalue weighted by Crippen LogP contribution is -1.98. The fourth-order valence-electron chi connectivity index (χ4n) is 2.70. The summed E-state index contributed by atoms with van der Waals surface area (Å²) in [4.78, 5) is 0. The van der Waals surface area contributed by atoms with E-state index in [0.717, 1.165) is 24.6 Å². The van der Waals surface area contributed by atoms with Crippen LogP contribution in [0.15, 0.2) is 53.6 Å². The van der Waals surface area contributed by atoms with E-state index in [-0.39, 0.29) is 0 Å². The van der Waals surface area contributed by atoms with Crippen molar-refractivity contribution in [3.63, 3.8) is 0 Å². The first kappa shape index (κ1) is 19.8. The number of halogens is 1. The minimum Gasteiger partial charge on any atom is -0.243 e. The summed E-state index contributed by atoms with van der Waals surface area (Å²) in [6.07, 6.45) is 4.97. The Kier molecular flexibility index (Phi) is 8.48. The fraction of sp³-hybridized carbons (Fsp3) is 0.429. The molecular formula is C21H30FP. The third-order valence-corrected chi connectivity index (χ3v) is 5.16. The summed E-state index contributed by atoms with van der Waals surface area (Å²) in [6, 6.07) is 8.71. The van der Waals surface area contributed by atoms with E-state index in [0.29, 0.717) is 8.58 Å². The van der Waals surface area contributed by atoms with E-state index in [1.54, 1.807) is 6.92 Å². The SMILES string of the molecule is C=C(C(CCPC(C)F)=C(C)C)/C(=C\C)c1ccc(CC)cc1. The van der Waals surface area contributed by atoms with E-state index in [4.69, 9.17) is 0 Å². The monoisotopic (exact) mass is 332 g/mol. The quantitative estimate of drug-likeness (QED) is 0.358. The second-order valence-corrected chi connectivity index (χ2v) is 7.73. The van der Waals surface area contributed by atoms with Gasteiger partial charge in [0.25, 0.3) is 0 Å². The molecule has 0 amide bonds. The first-order chi connectivity index (χ1) is 10.9. The Balaban J connectivity index is 2.98. The molecule has 0 aliphatic rings. The molecule has 0 saturated carbocycles. The molecule has 0 fully saturated rings. The summed E-state index contributed by atoms with van der Waals surface area (Å²) in [5.41, 5.74) is 7.35. The van der Waals surface area contributed by atoms with Gasteiger partial charge in [0.1, 0.15) is 5.91 Å². The Labute approximate surface area is 143 Å². The van der Waals surface area contributed by atoms with Crippen LogP contribution in [0.1, 0.15) is 52.2 Å². The van der Waals surface area contributed by atoms with E-state index in [1.807, 2.05) is 0 Å². The van der Waals surface area contributed by atoms with Crippen LogP contribution in [0.2, 0.25) is 0 Å². The van der Waals surface area contributed by atoms with Crippen LogP contribution >= 0.6 is 8.58 Å². The van der Waals surface area contributed by atoms with Crippen molar-refractivity contribution in [3.05, 3.63) is 64.8 Å². The maximum absolute atomic E-state index is 13.1. The number of allylic oxidation sites excluding steroid dienone is 5. The van der Waals surface area contributed by atoms with Crippen molar-refractivity contribution in [1.29, 1.82) is 0 Å². The summed E-state index contributed by atoms with van der Waals surface area (Å²) >= 11 is 0. The van der Waals surface area contributed by atoms with Gasteiger partial charge in [-0.15, -0.1) is 0 Å². The topological polar surface area (TPSA) is 0 Å². The van der Waals surface area contributed by atoms with Crippen LogP contribution in [0.25, 0.3) is 5.57 Å². The summed E-state index contributed by atoms with van der Waals surface area (Å²) in [5, 5.41) is 0. The third kappa shape index (κ3) is 6.07.